The number of hydrogen-bond acceptors (Lipinski definition) is 4. The summed E-state index contributed by atoms with van der Waals surface area (Å²) in [5.74, 6) is -2.21. The lowest BCUT2D eigenvalue weighted by Gasteiger charge is -2.34. The highest BCUT2D eigenvalue weighted by molar-refractivity contribution is 7.92. The lowest BCUT2D eigenvalue weighted by Crippen LogP contribution is -2.53. The molecule has 4 aromatic carbocycles. The van der Waals surface area contributed by atoms with E-state index in [-0.39, 0.29) is 35.0 Å². The number of hydrogen-bond donors (Lipinski definition) is 1. The van der Waals surface area contributed by atoms with Crippen molar-refractivity contribution in [3.63, 3.8) is 0 Å². The second-order valence-electron chi connectivity index (χ2n) is 11.3. The molecule has 236 valence electrons. The first-order chi connectivity index (χ1) is 21.5. The molecule has 0 aliphatic rings. The second kappa shape index (κ2) is 14.9. The molecular weight excluding hydrogens is 596 g/mol. The number of amides is 2. The van der Waals surface area contributed by atoms with E-state index in [1.54, 1.807) is 30.3 Å². The third-order valence-corrected chi connectivity index (χ3v) is 9.04. The number of aryl methyl sites for hydroxylation is 1. The number of rotatable bonds is 13. The summed E-state index contributed by atoms with van der Waals surface area (Å²) in [6, 6.07) is 24.8. The van der Waals surface area contributed by atoms with Gasteiger partial charge in [0.2, 0.25) is 11.8 Å². The zero-order valence-corrected chi connectivity index (χ0v) is 26.3. The van der Waals surface area contributed by atoms with Crippen molar-refractivity contribution in [2.45, 2.75) is 44.7 Å². The van der Waals surface area contributed by atoms with Gasteiger partial charge in [-0.2, -0.15) is 0 Å². The largest absolute Gasteiger partial charge is 0.354 e. The Morgan fingerprint density at radius 3 is 2.07 bits per heavy atom. The number of carbonyl (C=O) groups is 2. The molecule has 0 aliphatic carbocycles. The summed E-state index contributed by atoms with van der Waals surface area (Å²) in [5, 5.41) is 2.90. The van der Waals surface area contributed by atoms with Gasteiger partial charge in [-0.1, -0.05) is 80.1 Å². The lowest BCUT2D eigenvalue weighted by atomic mass is 10.0. The quantitative estimate of drug-likeness (QED) is 0.199. The monoisotopic (exact) mass is 633 g/mol. The molecule has 1 N–H and O–H groups in total. The molecule has 2 amide bonds. The van der Waals surface area contributed by atoms with Gasteiger partial charge in [0.1, 0.15) is 24.2 Å². The molecule has 0 radical (unpaired) electrons. The van der Waals surface area contributed by atoms with Crippen LogP contribution in [0, 0.1) is 24.5 Å². The van der Waals surface area contributed by atoms with Gasteiger partial charge in [-0.15, -0.1) is 0 Å². The van der Waals surface area contributed by atoms with Crippen LogP contribution in [0.3, 0.4) is 0 Å². The van der Waals surface area contributed by atoms with Crippen LogP contribution in [-0.2, 0) is 32.6 Å². The van der Waals surface area contributed by atoms with Crippen LogP contribution in [0.25, 0.3) is 0 Å². The first-order valence-corrected chi connectivity index (χ1v) is 16.1. The Hall–Kier alpha value is -4.57. The minimum atomic E-state index is -4.38. The van der Waals surface area contributed by atoms with Gasteiger partial charge in [0.25, 0.3) is 10.0 Å². The number of nitrogens with one attached hydrogen (secondary N) is 1. The molecule has 7 nitrogen and oxygen atoms in total. The molecule has 0 aliphatic heterocycles. The van der Waals surface area contributed by atoms with Crippen LogP contribution in [-0.4, -0.2) is 44.3 Å². The zero-order valence-electron chi connectivity index (χ0n) is 25.5. The smallest absolute Gasteiger partial charge is 0.264 e. The number of halogens is 2. The van der Waals surface area contributed by atoms with Gasteiger partial charge < -0.3 is 10.2 Å². The highest BCUT2D eigenvalue weighted by Gasteiger charge is 2.35. The van der Waals surface area contributed by atoms with Gasteiger partial charge >= 0.3 is 0 Å². The fraction of sp³-hybridized carbons (Fsp3) is 0.257. The topological polar surface area (TPSA) is 86.8 Å². The maximum atomic E-state index is 15.0. The average Bonchev–Trinajstić information content (AvgIpc) is 3.02. The van der Waals surface area contributed by atoms with Crippen molar-refractivity contribution in [3.05, 3.63) is 131 Å². The van der Waals surface area contributed by atoms with Crippen molar-refractivity contribution in [1.82, 2.24) is 10.2 Å². The summed E-state index contributed by atoms with van der Waals surface area (Å²) < 4.78 is 57.6. The van der Waals surface area contributed by atoms with E-state index in [4.69, 9.17) is 0 Å². The summed E-state index contributed by atoms with van der Waals surface area (Å²) >= 11 is 0. The van der Waals surface area contributed by atoms with E-state index in [2.05, 4.69) is 5.32 Å². The van der Waals surface area contributed by atoms with E-state index in [0.717, 1.165) is 39.7 Å². The molecule has 45 heavy (non-hydrogen) atoms. The van der Waals surface area contributed by atoms with Crippen LogP contribution in [0.2, 0.25) is 0 Å². The molecule has 0 fully saturated rings. The number of nitrogens with zero attached hydrogens (tertiary/aromatic N) is 2. The zero-order chi connectivity index (χ0) is 32.6. The molecule has 4 aromatic rings. The number of sulfonamides is 1. The van der Waals surface area contributed by atoms with Gasteiger partial charge in [0.05, 0.1) is 10.6 Å². The molecule has 0 bridgehead atoms. The number of anilines is 1. The molecule has 1 atom stereocenters. The van der Waals surface area contributed by atoms with Crippen LogP contribution in [0.5, 0.6) is 0 Å². The van der Waals surface area contributed by atoms with Crippen molar-refractivity contribution >= 4 is 27.5 Å². The molecule has 0 saturated heterocycles. The van der Waals surface area contributed by atoms with E-state index in [0.29, 0.717) is 6.54 Å². The molecule has 0 heterocycles. The van der Waals surface area contributed by atoms with Crippen molar-refractivity contribution < 1.29 is 26.8 Å². The Morgan fingerprint density at radius 2 is 1.44 bits per heavy atom. The van der Waals surface area contributed by atoms with E-state index in [9.17, 15) is 26.8 Å². The number of benzene rings is 4. The Bertz CT molecular complexity index is 1700. The minimum absolute atomic E-state index is 0.111. The summed E-state index contributed by atoms with van der Waals surface area (Å²) in [6.45, 7) is 5.09. The Kier molecular flexibility index (Phi) is 11.1. The Balaban J connectivity index is 1.80. The van der Waals surface area contributed by atoms with E-state index >= 15 is 0 Å². The van der Waals surface area contributed by atoms with Crippen LogP contribution < -0.4 is 9.62 Å². The average molecular weight is 634 g/mol. The van der Waals surface area contributed by atoms with Crippen molar-refractivity contribution in [1.29, 1.82) is 0 Å². The van der Waals surface area contributed by atoms with E-state index < -0.39 is 46.1 Å². The standard InChI is InChI=1S/C35H37F2N3O4S/c1-25(2)22-38-35(42)33(21-27-9-5-4-6-10-27)39(23-28-11-7-8-12-32(28)37)34(41)24-40(30-17-13-26(3)14-18-30)45(43,44)31-19-15-29(36)16-20-31/h4-20,25,33H,21-24H2,1-3H3,(H,38,42). The molecule has 0 aromatic heterocycles. The van der Waals surface area contributed by atoms with Gasteiger partial charge in [-0.25, -0.2) is 17.2 Å². The SMILES string of the molecule is Cc1ccc(N(CC(=O)N(Cc2ccccc2F)C(Cc2ccccc2)C(=O)NCC(C)C)S(=O)(=O)c2ccc(F)cc2)cc1. The third kappa shape index (κ3) is 8.76. The van der Waals surface area contributed by atoms with Crippen LogP contribution in [0.4, 0.5) is 14.5 Å². The van der Waals surface area contributed by atoms with Gasteiger partial charge in [0.15, 0.2) is 0 Å². The molecule has 0 saturated carbocycles. The van der Waals surface area contributed by atoms with Crippen molar-refractivity contribution in [2.75, 3.05) is 17.4 Å². The van der Waals surface area contributed by atoms with E-state index in [1.807, 2.05) is 51.1 Å². The third-order valence-electron chi connectivity index (χ3n) is 7.26. The normalized spacial score (nSPS) is 12.0. The van der Waals surface area contributed by atoms with Crippen LogP contribution >= 0.6 is 0 Å². The minimum Gasteiger partial charge on any atom is -0.354 e. The fourth-order valence-corrected chi connectivity index (χ4v) is 6.17. The summed E-state index contributed by atoms with van der Waals surface area (Å²) in [4.78, 5) is 29.1. The molecular formula is C35H37F2N3O4S. The summed E-state index contributed by atoms with van der Waals surface area (Å²) in [6.07, 6.45) is 0.111. The van der Waals surface area contributed by atoms with Crippen LogP contribution in [0.15, 0.2) is 108 Å². The number of carbonyl (C=O) groups excluding carboxylic acids is 2. The molecule has 4 rings (SSSR count). The van der Waals surface area contributed by atoms with Crippen molar-refractivity contribution in [3.8, 4) is 0 Å². The van der Waals surface area contributed by atoms with Gasteiger partial charge in [-0.3, -0.25) is 13.9 Å². The van der Waals surface area contributed by atoms with E-state index in [1.165, 1.54) is 23.1 Å². The molecule has 10 heteroatoms. The van der Waals surface area contributed by atoms with Crippen molar-refractivity contribution in [2.24, 2.45) is 5.92 Å². The predicted octanol–water partition coefficient (Wildman–Crippen LogP) is 5.88. The van der Waals surface area contributed by atoms with Gasteiger partial charge in [-0.05, 0) is 60.9 Å². The fourth-order valence-electron chi connectivity index (χ4n) is 4.76. The van der Waals surface area contributed by atoms with Gasteiger partial charge in [0, 0.05) is 25.1 Å². The molecule has 0 spiro atoms. The first-order valence-electron chi connectivity index (χ1n) is 14.6. The highest BCUT2D eigenvalue weighted by Crippen LogP contribution is 2.26. The first kappa shape index (κ1) is 33.3. The second-order valence-corrected chi connectivity index (χ2v) is 13.1. The maximum absolute atomic E-state index is 15.0. The Morgan fingerprint density at radius 1 is 0.822 bits per heavy atom. The molecule has 1 unspecified atom stereocenters. The maximum Gasteiger partial charge on any atom is 0.264 e. The highest BCUT2D eigenvalue weighted by atomic mass is 32.2. The van der Waals surface area contributed by atoms with Crippen LogP contribution in [0.1, 0.15) is 30.5 Å². The summed E-state index contributed by atoms with van der Waals surface area (Å²) in [7, 11) is -4.38. The summed E-state index contributed by atoms with van der Waals surface area (Å²) in [5.41, 5.74) is 2.01. The predicted molar refractivity (Wildman–Crippen MR) is 171 cm³/mol. The Labute approximate surface area is 263 Å². The lowest BCUT2D eigenvalue weighted by molar-refractivity contribution is -0.140.